The van der Waals surface area contributed by atoms with Gasteiger partial charge in [0.2, 0.25) is 0 Å². The van der Waals surface area contributed by atoms with Crippen LogP contribution in [0.5, 0.6) is 0 Å². The van der Waals surface area contributed by atoms with E-state index in [0.717, 1.165) is 24.8 Å². The molecule has 2 aromatic rings. The van der Waals surface area contributed by atoms with Gasteiger partial charge in [-0.2, -0.15) is 0 Å². The number of amides is 1. The molecule has 0 unspecified atom stereocenters. The van der Waals surface area contributed by atoms with Gasteiger partial charge in [-0.05, 0) is 53.6 Å². The lowest BCUT2D eigenvalue weighted by Gasteiger charge is -2.17. The molecule has 0 aromatic heterocycles. The number of rotatable bonds is 3. The fraction of sp³-hybridized carbons (Fsp3) is 0.300. The molecule has 2 aliphatic rings. The van der Waals surface area contributed by atoms with E-state index in [4.69, 9.17) is 0 Å². The summed E-state index contributed by atoms with van der Waals surface area (Å²) in [4.78, 5) is 23.8. The van der Waals surface area contributed by atoms with Crippen molar-refractivity contribution in [2.24, 2.45) is 5.92 Å². The average Bonchev–Trinajstić information content (AvgIpc) is 3.18. The molecule has 1 fully saturated rings. The lowest BCUT2D eigenvalue weighted by molar-refractivity contribution is -0.142. The highest BCUT2D eigenvalue weighted by Gasteiger charge is 2.34. The van der Waals surface area contributed by atoms with Crippen LogP contribution in [0.1, 0.15) is 40.7 Å². The number of aliphatic carboxylic acids is 1. The standard InChI is InChI=1S/C20H19NO3/c22-19(21-18-7-3-6-17(18)20(23)24)13-8-9-16-14(11-13)10-12-4-1-2-5-15(12)16/h1-2,4-5,8-9,11,17-18H,3,6-7,10H2,(H,21,22)(H,23,24)/t17-,18+/m1/s1. The van der Waals surface area contributed by atoms with Gasteiger partial charge >= 0.3 is 5.97 Å². The van der Waals surface area contributed by atoms with Gasteiger partial charge in [0.25, 0.3) is 5.91 Å². The van der Waals surface area contributed by atoms with Crippen molar-refractivity contribution in [3.8, 4) is 11.1 Å². The molecule has 4 nitrogen and oxygen atoms in total. The summed E-state index contributed by atoms with van der Waals surface area (Å²) < 4.78 is 0. The van der Waals surface area contributed by atoms with E-state index in [1.54, 1.807) is 0 Å². The van der Waals surface area contributed by atoms with E-state index in [0.29, 0.717) is 12.0 Å². The van der Waals surface area contributed by atoms with E-state index in [2.05, 4.69) is 17.4 Å². The lowest BCUT2D eigenvalue weighted by atomic mass is 10.0. The van der Waals surface area contributed by atoms with Gasteiger partial charge in [0, 0.05) is 11.6 Å². The van der Waals surface area contributed by atoms with E-state index < -0.39 is 11.9 Å². The smallest absolute Gasteiger partial charge is 0.308 e. The summed E-state index contributed by atoms with van der Waals surface area (Å²) in [5, 5.41) is 12.2. The Balaban J connectivity index is 1.55. The van der Waals surface area contributed by atoms with Crippen molar-refractivity contribution in [2.45, 2.75) is 31.7 Å². The summed E-state index contributed by atoms with van der Waals surface area (Å²) in [7, 11) is 0. The highest BCUT2D eigenvalue weighted by molar-refractivity contribution is 5.96. The second-order valence-corrected chi connectivity index (χ2v) is 6.66. The highest BCUT2D eigenvalue weighted by atomic mass is 16.4. The number of benzene rings is 2. The van der Waals surface area contributed by atoms with Crippen LogP contribution in [-0.4, -0.2) is 23.0 Å². The normalized spacial score (nSPS) is 21.2. The Labute approximate surface area is 140 Å². The first-order valence-electron chi connectivity index (χ1n) is 8.38. The maximum Gasteiger partial charge on any atom is 0.308 e. The first kappa shape index (κ1) is 14.9. The predicted octanol–water partition coefficient (Wildman–Crippen LogP) is 3.24. The summed E-state index contributed by atoms with van der Waals surface area (Å²) in [6.45, 7) is 0. The molecule has 1 amide bonds. The number of carboxylic acids is 1. The summed E-state index contributed by atoms with van der Waals surface area (Å²) in [6.07, 6.45) is 3.06. The van der Waals surface area contributed by atoms with E-state index in [9.17, 15) is 14.7 Å². The Morgan fingerprint density at radius 2 is 1.79 bits per heavy atom. The Kier molecular flexibility index (Phi) is 3.60. The van der Waals surface area contributed by atoms with Gasteiger partial charge in [-0.25, -0.2) is 0 Å². The molecule has 0 bridgehead atoms. The molecular weight excluding hydrogens is 302 g/mol. The molecule has 2 atom stereocenters. The van der Waals surface area contributed by atoms with E-state index >= 15 is 0 Å². The van der Waals surface area contributed by atoms with Crippen LogP contribution >= 0.6 is 0 Å². The minimum absolute atomic E-state index is 0.174. The summed E-state index contributed by atoms with van der Waals surface area (Å²) in [5.74, 6) is -1.46. The molecule has 4 heteroatoms. The van der Waals surface area contributed by atoms with Gasteiger partial charge in [0.15, 0.2) is 0 Å². The minimum atomic E-state index is -0.817. The molecule has 2 N–H and O–H groups in total. The molecule has 2 aromatic carbocycles. The SMILES string of the molecule is O=C(N[C@H]1CCC[C@H]1C(=O)O)c1ccc2c(c1)Cc1ccccc1-2. The van der Waals surface area contributed by atoms with Crippen molar-refractivity contribution in [1.82, 2.24) is 5.32 Å². The van der Waals surface area contributed by atoms with Gasteiger partial charge in [-0.3, -0.25) is 9.59 Å². The third-order valence-electron chi connectivity index (χ3n) is 5.21. The number of carboxylic acid groups (broad SMARTS) is 1. The molecule has 0 aliphatic heterocycles. The molecule has 2 aliphatic carbocycles. The summed E-state index contributed by atoms with van der Waals surface area (Å²) >= 11 is 0. The molecule has 4 rings (SSSR count). The van der Waals surface area contributed by atoms with Crippen LogP contribution in [-0.2, 0) is 11.2 Å². The zero-order chi connectivity index (χ0) is 16.7. The van der Waals surface area contributed by atoms with Crippen LogP contribution in [0.25, 0.3) is 11.1 Å². The molecular formula is C20H19NO3. The monoisotopic (exact) mass is 321 g/mol. The zero-order valence-corrected chi connectivity index (χ0v) is 13.3. The number of hydrogen-bond acceptors (Lipinski definition) is 2. The highest BCUT2D eigenvalue weighted by Crippen LogP contribution is 2.36. The average molecular weight is 321 g/mol. The Bertz CT molecular complexity index is 827. The lowest BCUT2D eigenvalue weighted by Crippen LogP contribution is -2.40. The summed E-state index contributed by atoms with van der Waals surface area (Å²) in [6, 6.07) is 13.8. The Hall–Kier alpha value is -2.62. The van der Waals surface area contributed by atoms with Gasteiger partial charge in [0.1, 0.15) is 0 Å². The first-order valence-corrected chi connectivity index (χ1v) is 8.38. The van der Waals surface area contributed by atoms with Crippen molar-refractivity contribution in [1.29, 1.82) is 0 Å². The second-order valence-electron chi connectivity index (χ2n) is 6.66. The second kappa shape index (κ2) is 5.78. The quantitative estimate of drug-likeness (QED) is 0.778. The first-order chi connectivity index (χ1) is 11.6. The van der Waals surface area contributed by atoms with Crippen LogP contribution in [0.3, 0.4) is 0 Å². The molecule has 24 heavy (non-hydrogen) atoms. The Morgan fingerprint density at radius 3 is 2.62 bits per heavy atom. The number of carbonyl (C=O) groups is 2. The van der Waals surface area contributed by atoms with Gasteiger partial charge < -0.3 is 10.4 Å². The van der Waals surface area contributed by atoms with Crippen molar-refractivity contribution < 1.29 is 14.7 Å². The fourth-order valence-corrected chi connectivity index (χ4v) is 3.97. The van der Waals surface area contributed by atoms with Crippen LogP contribution in [0, 0.1) is 5.92 Å². The maximum atomic E-state index is 12.5. The van der Waals surface area contributed by atoms with Gasteiger partial charge in [-0.1, -0.05) is 36.8 Å². The molecule has 0 radical (unpaired) electrons. The molecule has 1 saturated carbocycles. The van der Waals surface area contributed by atoms with Crippen LogP contribution in [0.4, 0.5) is 0 Å². The van der Waals surface area contributed by atoms with Crippen molar-refractivity contribution >= 4 is 11.9 Å². The van der Waals surface area contributed by atoms with E-state index in [1.807, 2.05) is 30.3 Å². The fourth-order valence-electron chi connectivity index (χ4n) is 3.97. The molecule has 0 heterocycles. The largest absolute Gasteiger partial charge is 0.481 e. The number of nitrogens with one attached hydrogen (secondary N) is 1. The van der Waals surface area contributed by atoms with Crippen molar-refractivity contribution in [3.63, 3.8) is 0 Å². The number of hydrogen-bond donors (Lipinski definition) is 2. The van der Waals surface area contributed by atoms with Gasteiger partial charge in [0.05, 0.1) is 5.92 Å². The predicted molar refractivity (Wildman–Crippen MR) is 90.9 cm³/mol. The Morgan fingerprint density at radius 1 is 1.00 bits per heavy atom. The van der Waals surface area contributed by atoms with Crippen LogP contribution in [0.15, 0.2) is 42.5 Å². The minimum Gasteiger partial charge on any atom is -0.481 e. The van der Waals surface area contributed by atoms with Crippen LogP contribution in [0.2, 0.25) is 0 Å². The zero-order valence-electron chi connectivity index (χ0n) is 13.3. The maximum absolute atomic E-state index is 12.5. The molecule has 122 valence electrons. The number of carbonyl (C=O) groups excluding carboxylic acids is 1. The van der Waals surface area contributed by atoms with Crippen LogP contribution < -0.4 is 5.32 Å². The molecule has 0 saturated heterocycles. The van der Waals surface area contributed by atoms with Crippen molar-refractivity contribution in [2.75, 3.05) is 0 Å². The van der Waals surface area contributed by atoms with Gasteiger partial charge in [-0.15, -0.1) is 0 Å². The van der Waals surface area contributed by atoms with E-state index in [-0.39, 0.29) is 11.9 Å². The third kappa shape index (κ3) is 2.48. The van der Waals surface area contributed by atoms with Crippen molar-refractivity contribution in [3.05, 3.63) is 59.2 Å². The van der Waals surface area contributed by atoms with E-state index in [1.165, 1.54) is 16.7 Å². The molecule has 0 spiro atoms. The topological polar surface area (TPSA) is 66.4 Å². The number of fused-ring (bicyclic) bond motifs is 3. The third-order valence-corrected chi connectivity index (χ3v) is 5.21. The summed E-state index contributed by atoms with van der Waals surface area (Å²) in [5.41, 5.74) is 5.47.